The molecule has 1 saturated heterocycles. The number of piperazine rings is 1. The van der Waals surface area contributed by atoms with E-state index in [9.17, 15) is 22.4 Å². The van der Waals surface area contributed by atoms with Crippen molar-refractivity contribution in [3.8, 4) is 0 Å². The van der Waals surface area contributed by atoms with E-state index in [4.69, 9.17) is 0 Å². The summed E-state index contributed by atoms with van der Waals surface area (Å²) in [5.41, 5.74) is 0.752. The number of hydrogen-bond donors (Lipinski definition) is 2. The van der Waals surface area contributed by atoms with Gasteiger partial charge in [0.25, 0.3) is 5.91 Å². The van der Waals surface area contributed by atoms with Crippen molar-refractivity contribution >= 4 is 21.8 Å². The molecule has 7 nitrogen and oxygen atoms in total. The monoisotopic (exact) mass is 405 g/mol. The van der Waals surface area contributed by atoms with Crippen molar-refractivity contribution in [3.63, 3.8) is 0 Å². The first-order chi connectivity index (χ1) is 13.3. The first-order valence-electron chi connectivity index (χ1n) is 8.70. The highest BCUT2D eigenvalue weighted by atomic mass is 32.2. The highest BCUT2D eigenvalue weighted by Crippen LogP contribution is 2.19. The lowest BCUT2D eigenvalue weighted by atomic mass is 10.1. The summed E-state index contributed by atoms with van der Waals surface area (Å²) in [5, 5.41) is 5.30. The van der Waals surface area contributed by atoms with Crippen LogP contribution in [0.15, 0.2) is 53.4 Å². The zero-order valence-electron chi connectivity index (χ0n) is 15.2. The molecule has 9 heteroatoms. The van der Waals surface area contributed by atoms with Gasteiger partial charge in [-0.15, -0.1) is 0 Å². The Morgan fingerprint density at radius 2 is 1.96 bits per heavy atom. The van der Waals surface area contributed by atoms with Gasteiger partial charge in [-0.05, 0) is 42.8 Å². The molecule has 1 fully saturated rings. The summed E-state index contributed by atoms with van der Waals surface area (Å²) in [5.74, 6) is -1.25. The second-order valence-corrected chi connectivity index (χ2v) is 8.40. The molecule has 3 rings (SSSR count). The zero-order chi connectivity index (χ0) is 20.3. The van der Waals surface area contributed by atoms with Gasteiger partial charge in [0.1, 0.15) is 5.82 Å². The molecular formula is C19H20FN3O4S. The first kappa shape index (κ1) is 20.0. The molecule has 0 aromatic heterocycles. The maximum Gasteiger partial charge on any atom is 0.251 e. The fourth-order valence-corrected chi connectivity index (χ4v) is 4.35. The van der Waals surface area contributed by atoms with Gasteiger partial charge in [-0.1, -0.05) is 18.2 Å². The summed E-state index contributed by atoms with van der Waals surface area (Å²) in [4.78, 5) is 24.0. The Bertz CT molecular complexity index is 1010. The van der Waals surface area contributed by atoms with Gasteiger partial charge in [-0.3, -0.25) is 9.59 Å². The third kappa shape index (κ3) is 4.37. The molecule has 1 heterocycles. The van der Waals surface area contributed by atoms with Crippen molar-refractivity contribution in [2.45, 2.75) is 17.9 Å². The quantitative estimate of drug-likeness (QED) is 0.787. The smallest absolute Gasteiger partial charge is 0.251 e. The van der Waals surface area contributed by atoms with E-state index in [2.05, 4.69) is 10.6 Å². The van der Waals surface area contributed by atoms with E-state index in [1.54, 1.807) is 19.1 Å². The van der Waals surface area contributed by atoms with Crippen LogP contribution in [0.2, 0.25) is 0 Å². The fourth-order valence-electron chi connectivity index (χ4n) is 2.91. The summed E-state index contributed by atoms with van der Waals surface area (Å²) in [6, 6.07) is 11.0. The van der Waals surface area contributed by atoms with Crippen molar-refractivity contribution in [2.75, 3.05) is 19.6 Å². The molecule has 0 radical (unpaired) electrons. The molecule has 2 aromatic rings. The summed E-state index contributed by atoms with van der Waals surface area (Å²) < 4.78 is 40.0. The van der Waals surface area contributed by atoms with Crippen molar-refractivity contribution in [1.82, 2.24) is 14.9 Å². The molecule has 1 atom stereocenters. The molecule has 1 aliphatic rings. The standard InChI is InChI=1S/C19H20FN3O4S/c1-13(14-4-2-6-16(20)10-14)22-19(25)15-5-3-7-17(11-15)28(26,27)23-9-8-21-18(24)12-23/h2-7,10-11,13H,8-9,12H2,1H3,(H,21,24)(H,22,25). The van der Waals surface area contributed by atoms with Crippen LogP contribution in [-0.4, -0.2) is 44.2 Å². The normalized spacial score (nSPS) is 16.3. The second kappa shape index (κ2) is 8.07. The molecule has 2 aromatic carbocycles. The van der Waals surface area contributed by atoms with Crippen molar-refractivity contribution < 1.29 is 22.4 Å². The van der Waals surface area contributed by atoms with Crippen molar-refractivity contribution in [1.29, 1.82) is 0 Å². The number of carbonyl (C=O) groups excluding carboxylic acids is 2. The lowest BCUT2D eigenvalue weighted by Gasteiger charge is -2.26. The molecule has 0 spiro atoms. The van der Waals surface area contributed by atoms with Crippen LogP contribution in [0.4, 0.5) is 4.39 Å². The lowest BCUT2D eigenvalue weighted by molar-refractivity contribution is -0.122. The number of carbonyl (C=O) groups is 2. The highest BCUT2D eigenvalue weighted by molar-refractivity contribution is 7.89. The number of nitrogens with one attached hydrogen (secondary N) is 2. The summed E-state index contributed by atoms with van der Waals surface area (Å²) in [6.45, 7) is 1.86. The maximum atomic E-state index is 13.4. The molecule has 1 unspecified atom stereocenters. The number of nitrogens with zero attached hydrogens (tertiary/aromatic N) is 1. The molecule has 2 N–H and O–H groups in total. The minimum absolute atomic E-state index is 0.0618. The third-order valence-electron chi connectivity index (χ3n) is 4.43. The van der Waals surface area contributed by atoms with Crippen LogP contribution in [-0.2, 0) is 14.8 Å². The van der Waals surface area contributed by atoms with Gasteiger partial charge in [0.15, 0.2) is 0 Å². The van der Waals surface area contributed by atoms with Crippen LogP contribution in [0, 0.1) is 5.82 Å². The first-order valence-corrected chi connectivity index (χ1v) is 10.1. The van der Waals surface area contributed by atoms with Crippen molar-refractivity contribution in [3.05, 3.63) is 65.5 Å². The van der Waals surface area contributed by atoms with E-state index in [1.165, 1.54) is 36.4 Å². The summed E-state index contributed by atoms with van der Waals surface area (Å²) in [7, 11) is -3.89. The third-order valence-corrected chi connectivity index (χ3v) is 6.27. The molecule has 28 heavy (non-hydrogen) atoms. The van der Waals surface area contributed by atoms with E-state index in [1.807, 2.05) is 0 Å². The van der Waals surface area contributed by atoms with E-state index >= 15 is 0 Å². The molecular weight excluding hydrogens is 385 g/mol. The second-order valence-electron chi connectivity index (χ2n) is 6.47. The topological polar surface area (TPSA) is 95.6 Å². The van der Waals surface area contributed by atoms with Gasteiger partial charge in [-0.25, -0.2) is 12.8 Å². The van der Waals surface area contributed by atoms with Gasteiger partial charge in [0.05, 0.1) is 17.5 Å². The Hall–Kier alpha value is -2.78. The molecule has 0 bridgehead atoms. The predicted octanol–water partition coefficient (Wildman–Crippen LogP) is 1.44. The van der Waals surface area contributed by atoms with Gasteiger partial charge < -0.3 is 10.6 Å². The molecule has 2 amide bonds. The number of amides is 2. The van der Waals surface area contributed by atoms with Crippen LogP contribution in [0.25, 0.3) is 0 Å². The lowest BCUT2D eigenvalue weighted by Crippen LogP contribution is -2.49. The molecule has 1 aliphatic heterocycles. The summed E-state index contributed by atoms with van der Waals surface area (Å²) >= 11 is 0. The Labute approximate surface area is 162 Å². The summed E-state index contributed by atoms with van der Waals surface area (Å²) in [6.07, 6.45) is 0. The van der Waals surface area contributed by atoms with Crippen LogP contribution in [0.1, 0.15) is 28.9 Å². The van der Waals surface area contributed by atoms with Crippen LogP contribution in [0.5, 0.6) is 0 Å². The maximum absolute atomic E-state index is 13.4. The van der Waals surface area contributed by atoms with E-state index in [0.29, 0.717) is 5.56 Å². The van der Waals surface area contributed by atoms with Gasteiger partial charge in [-0.2, -0.15) is 4.31 Å². The predicted molar refractivity (Wildman–Crippen MR) is 100 cm³/mol. The minimum Gasteiger partial charge on any atom is -0.354 e. The average molecular weight is 405 g/mol. The number of benzene rings is 2. The van der Waals surface area contributed by atoms with Crippen molar-refractivity contribution in [2.24, 2.45) is 0 Å². The average Bonchev–Trinajstić information content (AvgIpc) is 2.68. The Balaban J connectivity index is 1.78. The molecule has 148 valence electrons. The largest absolute Gasteiger partial charge is 0.354 e. The van der Waals surface area contributed by atoms with E-state index < -0.39 is 27.8 Å². The minimum atomic E-state index is -3.89. The zero-order valence-corrected chi connectivity index (χ0v) is 16.0. The SMILES string of the molecule is CC(NC(=O)c1cccc(S(=O)(=O)N2CCNC(=O)C2)c1)c1cccc(F)c1. The number of hydrogen-bond acceptors (Lipinski definition) is 4. The number of halogens is 1. The van der Waals surface area contributed by atoms with E-state index in [0.717, 1.165) is 4.31 Å². The number of sulfonamides is 1. The molecule has 0 aliphatic carbocycles. The Morgan fingerprint density at radius 3 is 2.68 bits per heavy atom. The van der Waals surface area contributed by atoms with Gasteiger partial charge in [0, 0.05) is 18.7 Å². The highest BCUT2D eigenvalue weighted by Gasteiger charge is 2.29. The Morgan fingerprint density at radius 1 is 1.21 bits per heavy atom. The Kier molecular flexibility index (Phi) is 5.76. The van der Waals surface area contributed by atoms with Crippen LogP contribution < -0.4 is 10.6 Å². The number of rotatable bonds is 5. The fraction of sp³-hybridized carbons (Fsp3) is 0.263. The van der Waals surface area contributed by atoms with Crippen LogP contribution >= 0.6 is 0 Å². The van der Waals surface area contributed by atoms with Gasteiger partial charge >= 0.3 is 0 Å². The van der Waals surface area contributed by atoms with Crippen LogP contribution in [0.3, 0.4) is 0 Å². The van der Waals surface area contributed by atoms with Gasteiger partial charge in [0.2, 0.25) is 15.9 Å². The van der Waals surface area contributed by atoms with E-state index in [-0.39, 0.29) is 36.0 Å². The molecule has 0 saturated carbocycles.